The normalized spacial score (nSPS) is 17.3. The van der Waals surface area contributed by atoms with Gasteiger partial charge >= 0.3 is 0 Å². The van der Waals surface area contributed by atoms with Crippen LogP contribution in [0.25, 0.3) is 10.9 Å². The lowest BCUT2D eigenvalue weighted by Crippen LogP contribution is -2.84. The molecule has 0 bridgehead atoms. The summed E-state index contributed by atoms with van der Waals surface area (Å²) in [4.78, 5) is 3.92. The predicted molar refractivity (Wildman–Crippen MR) is 178 cm³/mol. The number of rotatable bonds is 7. The van der Waals surface area contributed by atoms with Gasteiger partial charge in [-0.15, -0.1) is 0 Å². The molecule has 43 heavy (non-hydrogen) atoms. The van der Waals surface area contributed by atoms with Gasteiger partial charge in [-0.3, -0.25) is 16.0 Å². The number of aryl methyl sites for hydroxylation is 4. The molecule has 4 heteroatoms. The van der Waals surface area contributed by atoms with Gasteiger partial charge in [0.2, 0.25) is 0 Å². The van der Waals surface area contributed by atoms with E-state index in [2.05, 4.69) is 160 Å². The minimum Gasteiger partial charge on any atom is -0.353 e. The van der Waals surface area contributed by atoms with E-state index in [0.717, 1.165) is 12.8 Å². The molecule has 0 spiro atoms. The number of benzene rings is 4. The quantitative estimate of drug-likeness (QED) is 0.121. The predicted octanol–water partition coefficient (Wildman–Crippen LogP) is 6.93. The second-order valence-electron chi connectivity index (χ2n) is 12.9. The average molecular weight is 570 g/mol. The van der Waals surface area contributed by atoms with Crippen LogP contribution in [0, 0.1) is 27.7 Å². The number of H-pyrrole nitrogens is 1. The maximum atomic E-state index is 3.92. The summed E-state index contributed by atoms with van der Waals surface area (Å²) in [5, 5.41) is 8.47. The Morgan fingerprint density at radius 2 is 1.07 bits per heavy atom. The standard InChI is InChI=1S/C39H42N4/c1-25-7-14-30(15-8-25)40-35-22-29(5)23-39(6,24-36(35)41-31-16-9-26(2)10-17-31)38-37(42-32-18-11-27(3)12-19-32)33-21-28(4)13-20-34(33)43-38/h7-21,23,40-43H,22,24H2,1-6H3/p+3. The molecule has 6 rings (SSSR count). The van der Waals surface area contributed by atoms with Gasteiger partial charge in [0.1, 0.15) is 17.1 Å². The first-order chi connectivity index (χ1) is 20.6. The summed E-state index contributed by atoms with van der Waals surface area (Å²) in [6.07, 6.45) is 4.35. The molecule has 1 unspecified atom stereocenters. The van der Waals surface area contributed by atoms with Gasteiger partial charge in [0.15, 0.2) is 17.1 Å². The Bertz CT molecular complexity index is 1820. The molecule has 1 atom stereocenters. The Morgan fingerprint density at radius 1 is 0.581 bits per heavy atom. The molecule has 0 radical (unpaired) electrons. The minimum absolute atomic E-state index is 0.229. The number of nitrogens with two attached hydrogens (primary N) is 3. The molecular weight excluding hydrogens is 524 g/mol. The molecular formula is C39H45N4+3. The van der Waals surface area contributed by atoms with Crippen molar-refractivity contribution in [1.29, 1.82) is 0 Å². The number of allylic oxidation sites excluding steroid dienone is 3. The number of quaternary nitrogens is 3. The molecule has 1 aromatic heterocycles. The molecule has 0 fully saturated rings. The summed E-state index contributed by atoms with van der Waals surface area (Å²) >= 11 is 0. The molecule has 218 valence electrons. The van der Waals surface area contributed by atoms with Gasteiger partial charge < -0.3 is 4.98 Å². The van der Waals surface area contributed by atoms with Gasteiger partial charge in [-0.25, -0.2) is 0 Å². The van der Waals surface area contributed by atoms with Crippen LogP contribution in [0.3, 0.4) is 0 Å². The Hall–Kier alpha value is -4.22. The first-order valence-corrected chi connectivity index (χ1v) is 15.4. The van der Waals surface area contributed by atoms with E-state index in [4.69, 9.17) is 0 Å². The Morgan fingerprint density at radius 3 is 1.63 bits per heavy atom. The fourth-order valence-electron chi connectivity index (χ4n) is 6.50. The van der Waals surface area contributed by atoms with Crippen LogP contribution in [0.2, 0.25) is 0 Å². The van der Waals surface area contributed by atoms with E-state index in [9.17, 15) is 0 Å². The number of nitrogens with one attached hydrogen (secondary N) is 1. The monoisotopic (exact) mass is 569 g/mol. The van der Waals surface area contributed by atoms with Crippen LogP contribution in [0.5, 0.6) is 0 Å². The fourth-order valence-corrected chi connectivity index (χ4v) is 6.50. The molecule has 0 aliphatic heterocycles. The zero-order valence-corrected chi connectivity index (χ0v) is 26.4. The third kappa shape index (κ3) is 6.42. The van der Waals surface area contributed by atoms with E-state index in [-0.39, 0.29) is 5.41 Å². The lowest BCUT2D eigenvalue weighted by molar-refractivity contribution is -0.566. The van der Waals surface area contributed by atoms with Gasteiger partial charge in [-0.1, -0.05) is 76.4 Å². The van der Waals surface area contributed by atoms with Crippen molar-refractivity contribution in [3.63, 3.8) is 0 Å². The van der Waals surface area contributed by atoms with Gasteiger partial charge in [0, 0.05) is 18.3 Å². The zero-order chi connectivity index (χ0) is 30.1. The van der Waals surface area contributed by atoms with Gasteiger partial charge in [0.05, 0.1) is 16.6 Å². The lowest BCUT2D eigenvalue weighted by Gasteiger charge is -2.25. The summed E-state index contributed by atoms with van der Waals surface area (Å²) in [6, 6.07) is 33.5. The number of aromatic amines is 1. The van der Waals surface area contributed by atoms with Gasteiger partial charge in [0.25, 0.3) is 0 Å². The van der Waals surface area contributed by atoms with Crippen LogP contribution in [-0.2, 0) is 5.41 Å². The van der Waals surface area contributed by atoms with E-state index in [0.29, 0.717) is 0 Å². The van der Waals surface area contributed by atoms with Crippen LogP contribution in [0.15, 0.2) is 114 Å². The summed E-state index contributed by atoms with van der Waals surface area (Å²) in [7, 11) is 0. The number of aromatic nitrogens is 1. The molecule has 1 aliphatic carbocycles. The largest absolute Gasteiger partial charge is 0.353 e. The lowest BCUT2D eigenvalue weighted by atomic mass is 9.80. The van der Waals surface area contributed by atoms with Crippen molar-refractivity contribution in [3.8, 4) is 0 Å². The van der Waals surface area contributed by atoms with Crippen molar-refractivity contribution in [3.05, 3.63) is 142 Å². The fraction of sp³-hybridized carbons (Fsp3) is 0.231. The van der Waals surface area contributed by atoms with E-state index in [1.807, 2.05) is 0 Å². The van der Waals surface area contributed by atoms with E-state index >= 15 is 0 Å². The molecule has 0 saturated carbocycles. The molecule has 0 amide bonds. The molecule has 4 nitrogen and oxygen atoms in total. The maximum absolute atomic E-state index is 3.92. The third-order valence-corrected chi connectivity index (χ3v) is 8.79. The summed E-state index contributed by atoms with van der Waals surface area (Å²) in [5.41, 5.74) is 16.5. The molecule has 5 aromatic rings. The first kappa shape index (κ1) is 28.9. The smallest absolute Gasteiger partial charge is 0.172 e. The zero-order valence-electron chi connectivity index (χ0n) is 26.4. The highest BCUT2D eigenvalue weighted by Crippen LogP contribution is 2.41. The molecule has 7 N–H and O–H groups in total. The number of hydrogen-bond donors (Lipinski definition) is 4. The highest BCUT2D eigenvalue weighted by Gasteiger charge is 2.38. The Labute approximate surface area is 256 Å². The van der Waals surface area contributed by atoms with Crippen molar-refractivity contribution in [1.82, 2.24) is 4.98 Å². The van der Waals surface area contributed by atoms with E-state index in [1.54, 1.807) is 0 Å². The number of hydrogen-bond acceptors (Lipinski definition) is 0. The van der Waals surface area contributed by atoms with E-state index in [1.165, 1.54) is 78.6 Å². The van der Waals surface area contributed by atoms with Crippen molar-refractivity contribution in [2.24, 2.45) is 0 Å². The first-order valence-electron chi connectivity index (χ1n) is 15.4. The summed E-state index contributed by atoms with van der Waals surface area (Å²) in [6.45, 7) is 13.3. The molecule has 1 aliphatic rings. The van der Waals surface area contributed by atoms with Crippen molar-refractivity contribution in [2.75, 3.05) is 0 Å². The third-order valence-electron chi connectivity index (χ3n) is 8.79. The second kappa shape index (κ2) is 11.8. The van der Waals surface area contributed by atoms with Gasteiger partial charge in [-0.05, 0) is 90.1 Å². The van der Waals surface area contributed by atoms with Crippen LogP contribution in [-0.4, -0.2) is 4.98 Å². The molecule has 0 saturated heterocycles. The Balaban J connectivity index is 1.48. The van der Waals surface area contributed by atoms with Crippen molar-refractivity contribution in [2.45, 2.75) is 59.8 Å². The topological polar surface area (TPSA) is 65.6 Å². The summed E-state index contributed by atoms with van der Waals surface area (Å²) < 4.78 is 0. The van der Waals surface area contributed by atoms with Crippen LogP contribution >= 0.6 is 0 Å². The number of fused-ring (bicyclic) bond motifs is 1. The van der Waals surface area contributed by atoms with Crippen LogP contribution in [0.1, 0.15) is 54.6 Å². The van der Waals surface area contributed by atoms with Crippen molar-refractivity contribution < 1.29 is 16.0 Å². The molecule has 4 aromatic carbocycles. The maximum Gasteiger partial charge on any atom is 0.172 e. The van der Waals surface area contributed by atoms with Crippen molar-refractivity contribution >= 4 is 33.7 Å². The minimum atomic E-state index is -0.229. The SMILES string of the molecule is CC1=CC(C)(c2[nH]c3ccc(C)cc3c2[NH2+]c2ccc(C)cc2)CC([NH2+]c2ccc(C)cc2)=C([NH2+]c2ccc(C)cc2)C1. The highest BCUT2D eigenvalue weighted by atomic mass is 15.0. The highest BCUT2D eigenvalue weighted by molar-refractivity contribution is 5.92. The summed E-state index contributed by atoms with van der Waals surface area (Å²) in [5.74, 6) is 0. The second-order valence-corrected chi connectivity index (χ2v) is 12.9. The molecule has 1 heterocycles. The van der Waals surface area contributed by atoms with Gasteiger partial charge in [-0.2, -0.15) is 0 Å². The average Bonchev–Trinajstić information content (AvgIpc) is 3.28. The Kier molecular flexibility index (Phi) is 7.93. The van der Waals surface area contributed by atoms with Crippen LogP contribution < -0.4 is 16.0 Å². The van der Waals surface area contributed by atoms with Crippen LogP contribution in [0.4, 0.5) is 22.7 Å². The van der Waals surface area contributed by atoms with E-state index < -0.39 is 0 Å².